The summed E-state index contributed by atoms with van der Waals surface area (Å²) in [5.74, 6) is -0.668. The molecular weight excluding hydrogens is 347 g/mol. The van der Waals surface area contributed by atoms with E-state index < -0.39 is 5.97 Å². The molecule has 6 heteroatoms. The van der Waals surface area contributed by atoms with Gasteiger partial charge in [0.05, 0.1) is 25.4 Å². The average molecular weight is 368 g/mol. The lowest BCUT2D eigenvalue weighted by molar-refractivity contribution is 0.0599. The Bertz CT molecular complexity index is 989. The van der Waals surface area contributed by atoms with Gasteiger partial charge in [-0.3, -0.25) is 4.98 Å². The van der Waals surface area contributed by atoms with Crippen molar-refractivity contribution in [2.45, 2.75) is 26.2 Å². The molecule has 0 aliphatic rings. The molecule has 0 aliphatic carbocycles. The van der Waals surface area contributed by atoms with E-state index in [1.165, 1.54) is 26.4 Å². The second-order valence-electron chi connectivity index (χ2n) is 6.17. The van der Waals surface area contributed by atoms with E-state index in [0.29, 0.717) is 22.2 Å². The van der Waals surface area contributed by atoms with E-state index in [0.717, 1.165) is 25.0 Å². The third-order valence-corrected chi connectivity index (χ3v) is 4.35. The maximum absolute atomic E-state index is 13.8. The lowest BCUT2D eigenvalue weighted by Crippen LogP contribution is -2.08. The molecule has 27 heavy (non-hydrogen) atoms. The summed E-state index contributed by atoms with van der Waals surface area (Å²) in [6, 6.07) is 7.88. The van der Waals surface area contributed by atoms with Gasteiger partial charge in [0.1, 0.15) is 22.6 Å². The van der Waals surface area contributed by atoms with Gasteiger partial charge in [-0.1, -0.05) is 25.5 Å². The second kappa shape index (κ2) is 8.12. The highest BCUT2D eigenvalue weighted by atomic mass is 19.1. The van der Waals surface area contributed by atoms with Gasteiger partial charge in [0, 0.05) is 11.8 Å². The fourth-order valence-corrected chi connectivity index (χ4v) is 3.03. The predicted molar refractivity (Wildman–Crippen MR) is 101 cm³/mol. The summed E-state index contributed by atoms with van der Waals surface area (Å²) < 4.78 is 24.2. The molecule has 1 heterocycles. The predicted octanol–water partition coefficient (Wildman–Crippen LogP) is 4.57. The van der Waals surface area contributed by atoms with Crippen LogP contribution in [0.25, 0.3) is 22.2 Å². The number of esters is 1. The van der Waals surface area contributed by atoms with Crippen LogP contribution < -0.4 is 4.74 Å². The molecule has 3 aromatic rings. The van der Waals surface area contributed by atoms with Gasteiger partial charge in [0.15, 0.2) is 0 Å². The minimum Gasteiger partial charge on any atom is -0.495 e. The monoisotopic (exact) mass is 368 g/mol. The average Bonchev–Trinajstić information content (AvgIpc) is 2.69. The van der Waals surface area contributed by atoms with Crippen LogP contribution in [0.4, 0.5) is 4.39 Å². The van der Waals surface area contributed by atoms with Crippen molar-refractivity contribution in [3.05, 3.63) is 53.6 Å². The first kappa shape index (κ1) is 18.8. The third-order valence-electron chi connectivity index (χ3n) is 4.35. The quantitative estimate of drug-likeness (QED) is 0.596. The smallest absolute Gasteiger partial charge is 0.343 e. The summed E-state index contributed by atoms with van der Waals surface area (Å²) in [6.45, 7) is 2.11. The van der Waals surface area contributed by atoms with E-state index in [9.17, 15) is 9.18 Å². The van der Waals surface area contributed by atoms with Crippen molar-refractivity contribution in [1.82, 2.24) is 9.97 Å². The Morgan fingerprint density at radius 3 is 2.70 bits per heavy atom. The molecule has 0 radical (unpaired) electrons. The highest BCUT2D eigenvalue weighted by Gasteiger charge is 2.24. The van der Waals surface area contributed by atoms with Gasteiger partial charge in [0.2, 0.25) is 0 Å². The molecule has 0 fully saturated rings. The molecule has 2 aromatic carbocycles. The molecule has 0 N–H and O–H groups in total. The van der Waals surface area contributed by atoms with Crippen molar-refractivity contribution in [2.75, 3.05) is 14.2 Å². The molecule has 140 valence electrons. The molecule has 0 amide bonds. The van der Waals surface area contributed by atoms with Crippen molar-refractivity contribution in [2.24, 2.45) is 0 Å². The van der Waals surface area contributed by atoms with Gasteiger partial charge in [-0.25, -0.2) is 14.2 Å². The normalized spacial score (nSPS) is 10.8. The van der Waals surface area contributed by atoms with Crippen LogP contribution in [0.15, 0.2) is 36.5 Å². The number of methoxy groups -OCH3 is 2. The highest BCUT2D eigenvalue weighted by molar-refractivity contribution is 6.07. The summed E-state index contributed by atoms with van der Waals surface area (Å²) >= 11 is 0. The van der Waals surface area contributed by atoms with Crippen LogP contribution in [0.2, 0.25) is 0 Å². The van der Waals surface area contributed by atoms with E-state index in [-0.39, 0.29) is 17.1 Å². The van der Waals surface area contributed by atoms with Crippen LogP contribution in [0.1, 0.15) is 35.8 Å². The molecular formula is C21H21FN2O3. The van der Waals surface area contributed by atoms with E-state index >= 15 is 0 Å². The van der Waals surface area contributed by atoms with Crippen LogP contribution in [-0.4, -0.2) is 30.2 Å². The number of ether oxygens (including phenoxy) is 2. The van der Waals surface area contributed by atoms with Gasteiger partial charge in [0.25, 0.3) is 0 Å². The summed E-state index contributed by atoms with van der Waals surface area (Å²) in [6.07, 6.45) is 4.52. The number of benzene rings is 2. The van der Waals surface area contributed by atoms with Crippen LogP contribution in [0.5, 0.6) is 5.75 Å². The summed E-state index contributed by atoms with van der Waals surface area (Å²) in [7, 11) is 2.75. The van der Waals surface area contributed by atoms with Gasteiger partial charge in [-0.05, 0) is 36.6 Å². The number of rotatable bonds is 6. The van der Waals surface area contributed by atoms with E-state index in [1.54, 1.807) is 24.4 Å². The van der Waals surface area contributed by atoms with Gasteiger partial charge >= 0.3 is 5.97 Å². The fourth-order valence-electron chi connectivity index (χ4n) is 3.03. The standard InChI is InChI=1S/C21H21FN2O3/c1-4-5-9-15-12-23-19-17(24-15)11-16(13-7-6-8-14(22)10-13)20(26-2)18(19)21(25)27-3/h6-8,10-12H,4-5,9H2,1-3H3. The van der Waals surface area contributed by atoms with Crippen molar-refractivity contribution in [3.8, 4) is 16.9 Å². The van der Waals surface area contributed by atoms with E-state index in [4.69, 9.17) is 9.47 Å². The van der Waals surface area contributed by atoms with Gasteiger partial charge in [-0.15, -0.1) is 0 Å². The zero-order valence-electron chi connectivity index (χ0n) is 15.6. The lowest BCUT2D eigenvalue weighted by Gasteiger charge is -2.15. The Morgan fingerprint density at radius 1 is 1.22 bits per heavy atom. The maximum atomic E-state index is 13.8. The number of unbranched alkanes of at least 4 members (excludes halogenated alkanes) is 1. The topological polar surface area (TPSA) is 61.3 Å². The Morgan fingerprint density at radius 2 is 2.04 bits per heavy atom. The van der Waals surface area contributed by atoms with E-state index in [1.807, 2.05) is 0 Å². The first-order valence-electron chi connectivity index (χ1n) is 8.79. The Kier molecular flexibility index (Phi) is 5.64. The fraction of sp³-hybridized carbons (Fsp3) is 0.286. The molecule has 1 aromatic heterocycles. The Balaban J connectivity index is 2.31. The summed E-state index contributed by atoms with van der Waals surface area (Å²) in [4.78, 5) is 21.6. The molecule has 0 spiro atoms. The van der Waals surface area contributed by atoms with Crippen molar-refractivity contribution >= 4 is 17.0 Å². The number of hydrogen-bond donors (Lipinski definition) is 0. The number of aryl methyl sites for hydroxylation is 1. The molecule has 5 nitrogen and oxygen atoms in total. The van der Waals surface area contributed by atoms with Crippen molar-refractivity contribution in [1.29, 1.82) is 0 Å². The van der Waals surface area contributed by atoms with Crippen molar-refractivity contribution < 1.29 is 18.7 Å². The van der Waals surface area contributed by atoms with Crippen LogP contribution in [0, 0.1) is 5.82 Å². The Hall–Kier alpha value is -3.02. The van der Waals surface area contributed by atoms with Crippen molar-refractivity contribution in [3.63, 3.8) is 0 Å². The highest BCUT2D eigenvalue weighted by Crippen LogP contribution is 2.38. The summed E-state index contributed by atoms with van der Waals surface area (Å²) in [5.41, 5.74) is 3.12. The first-order valence-corrected chi connectivity index (χ1v) is 8.79. The summed E-state index contributed by atoms with van der Waals surface area (Å²) in [5, 5.41) is 0. The number of hydrogen-bond acceptors (Lipinski definition) is 5. The van der Waals surface area contributed by atoms with Crippen LogP contribution in [0.3, 0.4) is 0 Å². The number of nitrogens with zero attached hydrogens (tertiary/aromatic N) is 2. The largest absolute Gasteiger partial charge is 0.495 e. The molecule has 0 bridgehead atoms. The molecule has 0 aliphatic heterocycles. The van der Waals surface area contributed by atoms with Gasteiger partial charge in [-0.2, -0.15) is 0 Å². The minimum absolute atomic E-state index is 0.186. The lowest BCUT2D eigenvalue weighted by atomic mass is 9.99. The molecule has 3 rings (SSSR count). The second-order valence-corrected chi connectivity index (χ2v) is 6.17. The number of halogens is 1. The number of carbonyl (C=O) groups excluding carboxylic acids is 1. The molecule has 0 saturated heterocycles. The van der Waals surface area contributed by atoms with Crippen LogP contribution in [-0.2, 0) is 11.2 Å². The number of aromatic nitrogens is 2. The van der Waals surface area contributed by atoms with E-state index in [2.05, 4.69) is 16.9 Å². The van der Waals surface area contributed by atoms with Crippen LogP contribution >= 0.6 is 0 Å². The zero-order valence-corrected chi connectivity index (χ0v) is 15.6. The third kappa shape index (κ3) is 3.74. The minimum atomic E-state index is -0.578. The van der Waals surface area contributed by atoms with Gasteiger partial charge < -0.3 is 9.47 Å². The molecule has 0 unspecified atom stereocenters. The molecule has 0 saturated carbocycles. The molecule has 0 atom stereocenters. The maximum Gasteiger partial charge on any atom is 0.343 e. The Labute approximate surface area is 157 Å². The number of fused-ring (bicyclic) bond motifs is 1. The first-order chi connectivity index (χ1) is 13.1. The number of carbonyl (C=O) groups is 1. The SMILES string of the molecule is CCCCc1cnc2c(C(=O)OC)c(OC)c(-c3cccc(F)c3)cc2n1. The zero-order chi connectivity index (χ0) is 19.4.